The number of ether oxygens (including phenoxy) is 2. The van der Waals surface area contributed by atoms with E-state index in [0.29, 0.717) is 0 Å². The lowest BCUT2D eigenvalue weighted by Gasteiger charge is -2.31. The molecular weight excluding hydrogens is 256 g/mol. The summed E-state index contributed by atoms with van der Waals surface area (Å²) in [6.07, 6.45) is 2.30. The van der Waals surface area contributed by atoms with Crippen LogP contribution in [0.2, 0.25) is 0 Å². The van der Waals surface area contributed by atoms with E-state index in [1.54, 1.807) is 0 Å². The van der Waals surface area contributed by atoms with Crippen LogP contribution in [0.15, 0.2) is 12.7 Å². The van der Waals surface area contributed by atoms with E-state index in [4.69, 9.17) is 9.47 Å². The van der Waals surface area contributed by atoms with E-state index in [9.17, 15) is 9.59 Å². The zero-order valence-electron chi connectivity index (χ0n) is 13.6. The Hall–Kier alpha value is -1.32. The summed E-state index contributed by atoms with van der Waals surface area (Å²) in [5.41, 5.74) is -0.826. The molecule has 4 heteroatoms. The van der Waals surface area contributed by atoms with Crippen molar-refractivity contribution in [1.29, 1.82) is 0 Å². The molecule has 0 saturated carbocycles. The maximum Gasteiger partial charge on any atom is 0.330 e. The topological polar surface area (TPSA) is 52.6 Å². The Morgan fingerprint density at radius 1 is 1.20 bits per heavy atom. The molecule has 0 aromatic rings. The third-order valence-corrected chi connectivity index (χ3v) is 3.18. The Bertz CT molecular complexity index is 350. The van der Waals surface area contributed by atoms with Gasteiger partial charge in [0.25, 0.3) is 0 Å². The van der Waals surface area contributed by atoms with Gasteiger partial charge in [-0.2, -0.15) is 0 Å². The zero-order valence-corrected chi connectivity index (χ0v) is 13.6. The minimum atomic E-state index is -0.514. The number of hydrogen-bond donors (Lipinski definition) is 0. The van der Waals surface area contributed by atoms with E-state index in [2.05, 4.69) is 6.58 Å². The number of hydrogen-bond acceptors (Lipinski definition) is 4. The van der Waals surface area contributed by atoms with Crippen molar-refractivity contribution < 1.29 is 19.1 Å². The average molecular weight is 284 g/mol. The fourth-order valence-electron chi connectivity index (χ4n) is 1.72. The molecule has 0 radical (unpaired) electrons. The van der Waals surface area contributed by atoms with Gasteiger partial charge in [-0.1, -0.05) is 40.7 Å². The lowest BCUT2D eigenvalue weighted by atomic mass is 9.87. The van der Waals surface area contributed by atoms with Crippen molar-refractivity contribution >= 4 is 11.9 Å². The van der Waals surface area contributed by atoms with Crippen molar-refractivity contribution in [2.45, 2.75) is 60.5 Å². The summed E-state index contributed by atoms with van der Waals surface area (Å²) in [6.45, 7) is 15.0. The second-order valence-electron chi connectivity index (χ2n) is 6.73. The van der Waals surface area contributed by atoms with Crippen LogP contribution >= 0.6 is 0 Å². The highest BCUT2D eigenvalue weighted by Crippen LogP contribution is 2.27. The molecule has 1 atom stereocenters. The molecule has 0 heterocycles. The molecule has 4 nitrogen and oxygen atoms in total. The molecule has 0 fully saturated rings. The average Bonchev–Trinajstić information content (AvgIpc) is 2.31. The van der Waals surface area contributed by atoms with E-state index in [1.165, 1.54) is 0 Å². The molecule has 0 aromatic carbocycles. The zero-order chi connectivity index (χ0) is 16.0. The van der Waals surface area contributed by atoms with Gasteiger partial charge in [0.15, 0.2) is 0 Å². The van der Waals surface area contributed by atoms with Crippen LogP contribution in [0.5, 0.6) is 0 Å². The molecule has 0 amide bonds. The van der Waals surface area contributed by atoms with Gasteiger partial charge in [-0.3, -0.25) is 4.79 Å². The third kappa shape index (κ3) is 6.22. The molecule has 0 aliphatic heterocycles. The summed E-state index contributed by atoms with van der Waals surface area (Å²) >= 11 is 0. The molecule has 0 aliphatic rings. The summed E-state index contributed by atoms with van der Waals surface area (Å²) in [5.74, 6) is -0.767. The first kappa shape index (κ1) is 18.7. The van der Waals surface area contributed by atoms with E-state index in [0.717, 1.165) is 18.9 Å². The van der Waals surface area contributed by atoms with Crippen molar-refractivity contribution in [3.63, 3.8) is 0 Å². The quantitative estimate of drug-likeness (QED) is 0.530. The highest BCUT2D eigenvalue weighted by atomic mass is 16.6. The van der Waals surface area contributed by atoms with Crippen LogP contribution in [0.4, 0.5) is 0 Å². The first-order chi connectivity index (χ1) is 9.04. The fourth-order valence-corrected chi connectivity index (χ4v) is 1.72. The molecular formula is C16H28O4. The number of esters is 2. The maximum atomic E-state index is 12.1. The van der Waals surface area contributed by atoms with Gasteiger partial charge in [0.2, 0.25) is 0 Å². The molecule has 0 N–H and O–H groups in total. The van der Waals surface area contributed by atoms with Gasteiger partial charge in [0.05, 0.1) is 5.41 Å². The minimum absolute atomic E-state index is 0.0645. The Morgan fingerprint density at radius 2 is 1.75 bits per heavy atom. The summed E-state index contributed by atoms with van der Waals surface area (Å²) in [5, 5.41) is 0. The normalized spacial score (nSPS) is 13.5. The molecule has 116 valence electrons. The minimum Gasteiger partial charge on any atom is -0.461 e. The molecule has 0 saturated heterocycles. The first-order valence-electron chi connectivity index (χ1n) is 7.05. The third-order valence-electron chi connectivity index (χ3n) is 3.18. The SMILES string of the molecule is C=CC(=O)OC(COC(=O)C(C)(C)CCC)C(C)(C)C. The van der Waals surface area contributed by atoms with Gasteiger partial charge < -0.3 is 9.47 Å². The van der Waals surface area contributed by atoms with E-state index in [-0.39, 0.29) is 18.0 Å². The van der Waals surface area contributed by atoms with Crippen LogP contribution in [0.1, 0.15) is 54.4 Å². The van der Waals surface area contributed by atoms with E-state index < -0.39 is 17.5 Å². The van der Waals surface area contributed by atoms with Crippen molar-refractivity contribution in [2.75, 3.05) is 6.61 Å². The largest absolute Gasteiger partial charge is 0.461 e. The monoisotopic (exact) mass is 284 g/mol. The predicted octanol–water partition coefficient (Wildman–Crippen LogP) is 3.50. The maximum absolute atomic E-state index is 12.1. The van der Waals surface area contributed by atoms with Crippen molar-refractivity contribution in [3.8, 4) is 0 Å². The standard InChI is InChI=1S/C16H28O4/c1-8-10-16(6,7)14(18)19-11-12(15(3,4)5)20-13(17)9-2/h9,12H,2,8,10-11H2,1,3-7H3. The van der Waals surface area contributed by atoms with Crippen LogP contribution in [0, 0.1) is 10.8 Å². The molecule has 0 aliphatic carbocycles. The van der Waals surface area contributed by atoms with Gasteiger partial charge >= 0.3 is 11.9 Å². The van der Waals surface area contributed by atoms with E-state index >= 15 is 0 Å². The van der Waals surface area contributed by atoms with Crippen molar-refractivity contribution in [1.82, 2.24) is 0 Å². The predicted molar refractivity (Wildman–Crippen MR) is 79.2 cm³/mol. The fraction of sp³-hybridized carbons (Fsp3) is 0.750. The molecule has 0 spiro atoms. The van der Waals surface area contributed by atoms with Crippen LogP contribution in [-0.2, 0) is 19.1 Å². The van der Waals surface area contributed by atoms with Crippen molar-refractivity contribution in [2.24, 2.45) is 10.8 Å². The summed E-state index contributed by atoms with van der Waals surface area (Å²) in [4.78, 5) is 23.4. The first-order valence-corrected chi connectivity index (χ1v) is 7.05. The second-order valence-corrected chi connectivity index (χ2v) is 6.73. The number of carbonyl (C=O) groups excluding carboxylic acids is 2. The highest BCUT2D eigenvalue weighted by Gasteiger charge is 2.33. The Morgan fingerprint density at radius 3 is 2.15 bits per heavy atom. The van der Waals surface area contributed by atoms with E-state index in [1.807, 2.05) is 41.5 Å². The Kier molecular flexibility index (Phi) is 6.97. The Balaban J connectivity index is 4.66. The van der Waals surface area contributed by atoms with Gasteiger partial charge in [-0.15, -0.1) is 0 Å². The number of carbonyl (C=O) groups is 2. The molecule has 1 unspecified atom stereocenters. The van der Waals surface area contributed by atoms with Gasteiger partial charge in [0.1, 0.15) is 12.7 Å². The van der Waals surface area contributed by atoms with Crippen molar-refractivity contribution in [3.05, 3.63) is 12.7 Å². The summed E-state index contributed by atoms with van der Waals surface area (Å²) < 4.78 is 10.6. The molecule has 20 heavy (non-hydrogen) atoms. The second kappa shape index (κ2) is 7.46. The van der Waals surface area contributed by atoms with Gasteiger partial charge in [-0.05, 0) is 20.3 Å². The highest BCUT2D eigenvalue weighted by molar-refractivity contribution is 5.81. The van der Waals surface area contributed by atoms with Crippen LogP contribution in [0.3, 0.4) is 0 Å². The lowest BCUT2D eigenvalue weighted by molar-refractivity contribution is -0.168. The molecule has 0 bridgehead atoms. The van der Waals surface area contributed by atoms with Crippen LogP contribution in [0.25, 0.3) is 0 Å². The Labute approximate surface area is 122 Å². The summed E-state index contributed by atoms with van der Waals surface area (Å²) in [6, 6.07) is 0. The van der Waals surface area contributed by atoms with Gasteiger partial charge in [-0.25, -0.2) is 4.79 Å². The van der Waals surface area contributed by atoms with Gasteiger partial charge in [0, 0.05) is 11.5 Å². The lowest BCUT2D eigenvalue weighted by Crippen LogP contribution is -2.38. The molecule has 0 aromatic heterocycles. The number of rotatable bonds is 7. The van der Waals surface area contributed by atoms with Crippen LogP contribution in [-0.4, -0.2) is 24.6 Å². The van der Waals surface area contributed by atoms with Crippen LogP contribution < -0.4 is 0 Å². The summed E-state index contributed by atoms with van der Waals surface area (Å²) in [7, 11) is 0. The smallest absolute Gasteiger partial charge is 0.330 e. The molecule has 0 rings (SSSR count).